The number of halogens is 1. The van der Waals surface area contributed by atoms with E-state index in [1.165, 1.54) is 11.1 Å². The van der Waals surface area contributed by atoms with Crippen molar-refractivity contribution in [1.82, 2.24) is 19.7 Å². The summed E-state index contributed by atoms with van der Waals surface area (Å²) in [6, 6.07) is 20.9. The van der Waals surface area contributed by atoms with E-state index in [1.807, 2.05) is 36.7 Å². The van der Waals surface area contributed by atoms with E-state index in [2.05, 4.69) is 92.8 Å². The minimum atomic E-state index is 0.115. The van der Waals surface area contributed by atoms with E-state index >= 15 is 0 Å². The van der Waals surface area contributed by atoms with Crippen LogP contribution in [0.25, 0.3) is 17.1 Å². The van der Waals surface area contributed by atoms with Gasteiger partial charge in [-0.1, -0.05) is 72.7 Å². The topological polar surface area (TPSA) is 43.6 Å². The van der Waals surface area contributed by atoms with Gasteiger partial charge in [-0.15, -0.1) is 10.2 Å². The van der Waals surface area contributed by atoms with Crippen molar-refractivity contribution >= 4 is 27.7 Å². The zero-order chi connectivity index (χ0) is 21.1. The van der Waals surface area contributed by atoms with Crippen LogP contribution in [-0.4, -0.2) is 19.7 Å². The second-order valence-electron chi connectivity index (χ2n) is 8.09. The summed E-state index contributed by atoms with van der Waals surface area (Å²) in [6.45, 7) is 6.67. The molecule has 4 aromatic rings. The molecule has 0 radical (unpaired) electrons. The summed E-state index contributed by atoms with van der Waals surface area (Å²) < 4.78 is 3.17. The van der Waals surface area contributed by atoms with Gasteiger partial charge in [-0.2, -0.15) is 0 Å². The molecule has 2 heterocycles. The summed E-state index contributed by atoms with van der Waals surface area (Å²) in [5.74, 6) is 1.65. The Bertz CT molecular complexity index is 1110. The Morgan fingerprint density at radius 2 is 1.53 bits per heavy atom. The fourth-order valence-electron chi connectivity index (χ4n) is 3.12. The number of thioether (sulfide) groups is 1. The molecule has 0 atom stereocenters. The number of pyridine rings is 1. The molecule has 4 rings (SSSR count). The highest BCUT2D eigenvalue weighted by Gasteiger charge is 2.18. The average Bonchev–Trinajstić information content (AvgIpc) is 3.17. The molecule has 0 N–H and O–H groups in total. The van der Waals surface area contributed by atoms with Gasteiger partial charge in [0.15, 0.2) is 11.0 Å². The standard InChI is InChI=1S/C24H23BrN4S/c1-24(2,3)19-6-4-18(5-7-19)22-27-28-23(30-16-17-12-14-26-15-13-17)29(22)21-10-8-20(25)9-11-21/h4-15H,16H2,1-3H3. The van der Waals surface area contributed by atoms with E-state index < -0.39 is 0 Å². The van der Waals surface area contributed by atoms with Crippen molar-refractivity contribution in [3.63, 3.8) is 0 Å². The third kappa shape index (κ3) is 4.65. The SMILES string of the molecule is CC(C)(C)c1ccc(-c2nnc(SCc3ccncc3)n2-c2ccc(Br)cc2)cc1. The van der Waals surface area contributed by atoms with Crippen molar-refractivity contribution in [2.75, 3.05) is 0 Å². The largest absolute Gasteiger partial charge is 0.270 e. The molecule has 0 aliphatic heterocycles. The first-order chi connectivity index (χ1) is 14.4. The predicted molar refractivity (Wildman–Crippen MR) is 127 cm³/mol. The van der Waals surface area contributed by atoms with Crippen molar-refractivity contribution in [3.05, 3.63) is 88.7 Å². The summed E-state index contributed by atoms with van der Waals surface area (Å²) in [4.78, 5) is 4.09. The molecule has 0 saturated heterocycles. The molecule has 4 nitrogen and oxygen atoms in total. The van der Waals surface area contributed by atoms with Gasteiger partial charge in [-0.3, -0.25) is 9.55 Å². The molecule has 0 unspecified atom stereocenters. The predicted octanol–water partition coefficient (Wildman–Crippen LogP) is 6.68. The van der Waals surface area contributed by atoms with Crippen LogP contribution in [0.2, 0.25) is 0 Å². The van der Waals surface area contributed by atoms with Crippen LogP contribution in [0.15, 0.2) is 82.7 Å². The Hall–Kier alpha value is -2.44. The van der Waals surface area contributed by atoms with E-state index in [-0.39, 0.29) is 5.41 Å². The van der Waals surface area contributed by atoms with E-state index in [1.54, 1.807) is 11.8 Å². The fourth-order valence-corrected chi connectivity index (χ4v) is 4.29. The first-order valence-electron chi connectivity index (χ1n) is 9.76. The Kier molecular flexibility index (Phi) is 6.06. The molecule has 30 heavy (non-hydrogen) atoms. The summed E-state index contributed by atoms with van der Waals surface area (Å²) in [5, 5.41) is 9.95. The van der Waals surface area contributed by atoms with Gasteiger partial charge < -0.3 is 0 Å². The molecule has 2 aromatic carbocycles. The average molecular weight is 479 g/mol. The van der Waals surface area contributed by atoms with Gasteiger partial charge in [-0.25, -0.2) is 0 Å². The quantitative estimate of drug-likeness (QED) is 0.300. The maximum absolute atomic E-state index is 4.56. The first kappa shape index (κ1) is 20.8. The summed E-state index contributed by atoms with van der Waals surface area (Å²) in [5.41, 5.74) is 4.71. The number of hydrogen-bond acceptors (Lipinski definition) is 4. The van der Waals surface area contributed by atoms with Crippen LogP contribution in [0.4, 0.5) is 0 Å². The highest BCUT2D eigenvalue weighted by Crippen LogP contribution is 2.31. The lowest BCUT2D eigenvalue weighted by molar-refractivity contribution is 0.590. The molecule has 0 amide bonds. The van der Waals surface area contributed by atoms with Crippen LogP contribution in [0, 0.1) is 0 Å². The van der Waals surface area contributed by atoms with Crippen molar-refractivity contribution in [3.8, 4) is 17.1 Å². The van der Waals surface area contributed by atoms with Gasteiger partial charge in [0, 0.05) is 33.9 Å². The smallest absolute Gasteiger partial charge is 0.196 e. The third-order valence-electron chi connectivity index (χ3n) is 4.84. The Morgan fingerprint density at radius 1 is 0.867 bits per heavy atom. The van der Waals surface area contributed by atoms with Crippen LogP contribution in [0.1, 0.15) is 31.9 Å². The Balaban J connectivity index is 1.73. The van der Waals surface area contributed by atoms with Crippen LogP contribution in [0.5, 0.6) is 0 Å². The van der Waals surface area contributed by atoms with Crippen molar-refractivity contribution in [2.24, 2.45) is 0 Å². The minimum absolute atomic E-state index is 0.115. The fraction of sp³-hybridized carbons (Fsp3) is 0.208. The van der Waals surface area contributed by atoms with E-state index in [0.717, 1.165) is 32.5 Å². The lowest BCUT2D eigenvalue weighted by Gasteiger charge is -2.19. The molecule has 152 valence electrons. The van der Waals surface area contributed by atoms with Crippen molar-refractivity contribution < 1.29 is 0 Å². The van der Waals surface area contributed by atoms with Gasteiger partial charge >= 0.3 is 0 Å². The molecule has 6 heteroatoms. The Labute approximate surface area is 189 Å². The molecular weight excluding hydrogens is 456 g/mol. The molecule has 0 aliphatic rings. The second-order valence-corrected chi connectivity index (χ2v) is 9.95. The highest BCUT2D eigenvalue weighted by atomic mass is 79.9. The second kappa shape index (κ2) is 8.74. The number of aromatic nitrogens is 4. The lowest BCUT2D eigenvalue weighted by atomic mass is 9.87. The molecule has 0 saturated carbocycles. The maximum Gasteiger partial charge on any atom is 0.196 e. The van der Waals surface area contributed by atoms with Crippen molar-refractivity contribution in [1.29, 1.82) is 0 Å². The number of rotatable bonds is 5. The van der Waals surface area contributed by atoms with Crippen LogP contribution >= 0.6 is 27.7 Å². The molecular formula is C24H23BrN4S. The Morgan fingerprint density at radius 3 is 2.17 bits per heavy atom. The third-order valence-corrected chi connectivity index (χ3v) is 6.37. The zero-order valence-corrected chi connectivity index (χ0v) is 19.6. The number of nitrogens with zero attached hydrogens (tertiary/aromatic N) is 4. The van der Waals surface area contributed by atoms with E-state index in [4.69, 9.17) is 0 Å². The van der Waals surface area contributed by atoms with Gasteiger partial charge in [0.1, 0.15) is 0 Å². The van der Waals surface area contributed by atoms with Crippen LogP contribution in [-0.2, 0) is 11.2 Å². The lowest BCUT2D eigenvalue weighted by Crippen LogP contribution is -2.10. The highest BCUT2D eigenvalue weighted by molar-refractivity contribution is 9.10. The summed E-state index contributed by atoms with van der Waals surface area (Å²) >= 11 is 5.20. The summed E-state index contributed by atoms with van der Waals surface area (Å²) in [7, 11) is 0. The number of hydrogen-bond donors (Lipinski definition) is 0. The van der Waals surface area contributed by atoms with Gasteiger partial charge in [0.25, 0.3) is 0 Å². The van der Waals surface area contributed by atoms with Crippen molar-refractivity contribution in [2.45, 2.75) is 37.1 Å². The van der Waals surface area contributed by atoms with Gasteiger partial charge in [-0.05, 0) is 52.9 Å². The molecule has 0 aliphatic carbocycles. The zero-order valence-electron chi connectivity index (χ0n) is 17.2. The molecule has 0 spiro atoms. The van der Waals surface area contributed by atoms with Crippen LogP contribution < -0.4 is 0 Å². The van der Waals surface area contributed by atoms with Gasteiger partial charge in [0.05, 0.1) is 0 Å². The number of benzene rings is 2. The summed E-state index contributed by atoms with van der Waals surface area (Å²) in [6.07, 6.45) is 3.63. The molecule has 2 aromatic heterocycles. The molecule has 0 bridgehead atoms. The molecule has 0 fully saturated rings. The minimum Gasteiger partial charge on any atom is -0.270 e. The maximum atomic E-state index is 4.56. The first-order valence-corrected chi connectivity index (χ1v) is 11.5. The van der Waals surface area contributed by atoms with E-state index in [9.17, 15) is 0 Å². The van der Waals surface area contributed by atoms with Gasteiger partial charge in [0.2, 0.25) is 0 Å². The monoisotopic (exact) mass is 478 g/mol. The van der Waals surface area contributed by atoms with Crippen LogP contribution in [0.3, 0.4) is 0 Å². The van der Waals surface area contributed by atoms with E-state index in [0.29, 0.717) is 0 Å². The normalized spacial score (nSPS) is 11.6.